The highest BCUT2D eigenvalue weighted by molar-refractivity contribution is 5.71. The Balaban J connectivity index is 4.43. The minimum absolute atomic E-state index is 0.108. The van der Waals surface area contributed by atoms with Crippen molar-refractivity contribution in [1.82, 2.24) is 0 Å². The molecule has 6 nitrogen and oxygen atoms in total. The Kier molecular flexibility index (Phi) is 48.0. The van der Waals surface area contributed by atoms with Gasteiger partial charge in [-0.25, -0.2) is 0 Å². The topological polar surface area (TPSA) is 78.9 Å². The molecule has 0 heterocycles. The summed E-state index contributed by atoms with van der Waals surface area (Å²) in [7, 11) is 0. The molecule has 0 fully saturated rings. The van der Waals surface area contributed by atoms with Crippen molar-refractivity contribution in [3.05, 3.63) is 97.2 Å². The molecule has 0 aliphatic heterocycles. The standard InChI is InChI=1S/C57H94O6/c1-4-7-10-13-16-19-21-23-25-27-28-30-31-33-35-38-41-44-47-50-56(59)62-53-54(52-61-55(58)49-46-43-40-37-18-15-12-9-6-3)63-57(60)51-48-45-42-39-36-34-32-29-26-24-22-20-17-14-11-8-5-2/h7,10,16-17,19-20,23-26,28,30,33,35,37,40,54H,4-6,8-9,11-15,18,21-22,27,29,31-32,34,36,38-39,41-53H2,1-3H3/b10-7-,19-16-,20-17-,25-23-,26-24-,30-28-,35-33-,40-37-. The first-order chi connectivity index (χ1) is 31.0. The molecule has 1 unspecified atom stereocenters. The quantitative estimate of drug-likeness (QED) is 0.0262. The Labute approximate surface area is 387 Å². The molecule has 0 amide bonds. The summed E-state index contributed by atoms with van der Waals surface area (Å²) in [6.07, 6.45) is 66.8. The molecule has 1 atom stereocenters. The number of ether oxygens (including phenoxy) is 3. The van der Waals surface area contributed by atoms with Gasteiger partial charge in [-0.3, -0.25) is 14.4 Å². The average Bonchev–Trinajstić information content (AvgIpc) is 3.28. The van der Waals surface area contributed by atoms with Crippen LogP contribution in [0.15, 0.2) is 97.2 Å². The van der Waals surface area contributed by atoms with Crippen molar-refractivity contribution in [3.63, 3.8) is 0 Å². The minimum atomic E-state index is -0.806. The molecule has 0 spiro atoms. The van der Waals surface area contributed by atoms with Gasteiger partial charge in [0.05, 0.1) is 0 Å². The van der Waals surface area contributed by atoms with E-state index in [9.17, 15) is 14.4 Å². The Morgan fingerprint density at radius 2 is 0.635 bits per heavy atom. The van der Waals surface area contributed by atoms with Crippen LogP contribution in [0.4, 0.5) is 0 Å². The Bertz CT molecular complexity index is 1280. The van der Waals surface area contributed by atoms with Gasteiger partial charge < -0.3 is 14.2 Å². The number of carbonyl (C=O) groups excluding carboxylic acids is 3. The lowest BCUT2D eigenvalue weighted by Gasteiger charge is -2.18. The molecule has 0 rings (SSSR count). The maximum absolute atomic E-state index is 12.8. The monoisotopic (exact) mass is 875 g/mol. The molecule has 0 radical (unpaired) electrons. The van der Waals surface area contributed by atoms with Crippen LogP contribution in [0.25, 0.3) is 0 Å². The Morgan fingerprint density at radius 1 is 0.333 bits per heavy atom. The van der Waals surface area contributed by atoms with Crippen molar-refractivity contribution in [2.45, 2.75) is 232 Å². The van der Waals surface area contributed by atoms with E-state index in [0.717, 1.165) is 103 Å². The van der Waals surface area contributed by atoms with Crippen LogP contribution in [0.1, 0.15) is 226 Å². The Morgan fingerprint density at radius 3 is 1.10 bits per heavy atom. The molecule has 0 aliphatic carbocycles. The number of hydrogen-bond donors (Lipinski definition) is 0. The van der Waals surface area contributed by atoms with Gasteiger partial charge in [-0.1, -0.05) is 189 Å². The third-order valence-electron chi connectivity index (χ3n) is 10.5. The highest BCUT2D eigenvalue weighted by Crippen LogP contribution is 2.13. The molecule has 0 bridgehead atoms. The normalized spacial score (nSPS) is 12.9. The summed E-state index contributed by atoms with van der Waals surface area (Å²) < 4.78 is 16.7. The summed E-state index contributed by atoms with van der Waals surface area (Å²) in [6, 6.07) is 0. The second kappa shape index (κ2) is 51.0. The fourth-order valence-corrected chi connectivity index (χ4v) is 6.68. The van der Waals surface area contributed by atoms with E-state index in [1.807, 2.05) is 0 Å². The number of esters is 3. The van der Waals surface area contributed by atoms with Gasteiger partial charge in [-0.05, 0) is 116 Å². The number of allylic oxidation sites excluding steroid dienone is 16. The average molecular weight is 875 g/mol. The predicted octanol–water partition coefficient (Wildman–Crippen LogP) is 17.0. The molecule has 0 aromatic carbocycles. The predicted molar refractivity (Wildman–Crippen MR) is 270 cm³/mol. The lowest BCUT2D eigenvalue weighted by Crippen LogP contribution is -2.30. The zero-order valence-corrected chi connectivity index (χ0v) is 40.8. The van der Waals surface area contributed by atoms with Crippen molar-refractivity contribution in [3.8, 4) is 0 Å². The van der Waals surface area contributed by atoms with Crippen LogP contribution < -0.4 is 0 Å². The van der Waals surface area contributed by atoms with Crippen LogP contribution in [-0.4, -0.2) is 37.2 Å². The van der Waals surface area contributed by atoms with Crippen molar-refractivity contribution < 1.29 is 28.6 Å². The van der Waals surface area contributed by atoms with Gasteiger partial charge in [0, 0.05) is 19.3 Å². The zero-order valence-electron chi connectivity index (χ0n) is 40.8. The SMILES string of the molecule is CC/C=C\C/C=C\C/C=C\C/C=C\C/C=C\CCCCCC(=O)OCC(COC(=O)CCC/C=C\CCCCCC)OC(=O)CCCCCCCCC/C=C\C/C=C\CCCCC. The van der Waals surface area contributed by atoms with Crippen molar-refractivity contribution in [2.24, 2.45) is 0 Å². The molecule has 0 saturated carbocycles. The maximum Gasteiger partial charge on any atom is 0.306 e. The van der Waals surface area contributed by atoms with E-state index in [0.29, 0.717) is 25.7 Å². The minimum Gasteiger partial charge on any atom is -0.462 e. The number of hydrogen-bond acceptors (Lipinski definition) is 6. The van der Waals surface area contributed by atoms with Crippen LogP contribution >= 0.6 is 0 Å². The highest BCUT2D eigenvalue weighted by Gasteiger charge is 2.19. The van der Waals surface area contributed by atoms with Gasteiger partial charge in [-0.15, -0.1) is 0 Å². The Hall–Kier alpha value is -3.67. The number of unbranched alkanes of at least 4 members (excludes halogenated alkanes) is 18. The lowest BCUT2D eigenvalue weighted by molar-refractivity contribution is -0.167. The van der Waals surface area contributed by atoms with Crippen LogP contribution in [-0.2, 0) is 28.6 Å². The van der Waals surface area contributed by atoms with Crippen LogP contribution in [0.2, 0.25) is 0 Å². The summed E-state index contributed by atoms with van der Waals surface area (Å²) in [4.78, 5) is 37.9. The second-order valence-electron chi connectivity index (χ2n) is 16.7. The first kappa shape index (κ1) is 59.3. The molecule has 0 N–H and O–H groups in total. The molecule has 6 heteroatoms. The number of rotatable bonds is 45. The van der Waals surface area contributed by atoms with Crippen LogP contribution in [0.5, 0.6) is 0 Å². The summed E-state index contributed by atoms with van der Waals surface area (Å²) in [5, 5.41) is 0. The van der Waals surface area contributed by atoms with Gasteiger partial charge >= 0.3 is 17.9 Å². The van der Waals surface area contributed by atoms with E-state index in [2.05, 4.69) is 118 Å². The van der Waals surface area contributed by atoms with Crippen molar-refractivity contribution in [1.29, 1.82) is 0 Å². The van der Waals surface area contributed by atoms with Crippen LogP contribution in [0, 0.1) is 0 Å². The fourth-order valence-electron chi connectivity index (χ4n) is 6.68. The largest absolute Gasteiger partial charge is 0.462 e. The molecule has 0 aromatic heterocycles. The van der Waals surface area contributed by atoms with Gasteiger partial charge in [0.2, 0.25) is 0 Å². The van der Waals surface area contributed by atoms with E-state index in [1.54, 1.807) is 0 Å². The van der Waals surface area contributed by atoms with E-state index < -0.39 is 6.10 Å². The lowest BCUT2D eigenvalue weighted by atomic mass is 10.1. The molecule has 358 valence electrons. The molecule has 0 aliphatic rings. The molecule has 63 heavy (non-hydrogen) atoms. The van der Waals surface area contributed by atoms with E-state index in [1.165, 1.54) is 77.0 Å². The zero-order chi connectivity index (χ0) is 45.8. The summed E-state index contributed by atoms with van der Waals surface area (Å²) in [5.74, 6) is -0.985. The summed E-state index contributed by atoms with van der Waals surface area (Å²) in [6.45, 7) is 6.39. The molecular weight excluding hydrogens is 781 g/mol. The van der Waals surface area contributed by atoms with Gasteiger partial charge in [-0.2, -0.15) is 0 Å². The van der Waals surface area contributed by atoms with Crippen LogP contribution in [0.3, 0.4) is 0 Å². The van der Waals surface area contributed by atoms with Gasteiger partial charge in [0.15, 0.2) is 6.10 Å². The van der Waals surface area contributed by atoms with E-state index in [4.69, 9.17) is 14.2 Å². The maximum atomic E-state index is 12.8. The third kappa shape index (κ3) is 49.2. The van der Waals surface area contributed by atoms with Crippen molar-refractivity contribution in [2.75, 3.05) is 13.2 Å². The van der Waals surface area contributed by atoms with E-state index >= 15 is 0 Å². The van der Waals surface area contributed by atoms with Crippen molar-refractivity contribution >= 4 is 17.9 Å². The first-order valence-electron chi connectivity index (χ1n) is 25.7. The van der Waals surface area contributed by atoms with E-state index in [-0.39, 0.29) is 31.1 Å². The highest BCUT2D eigenvalue weighted by atomic mass is 16.6. The third-order valence-corrected chi connectivity index (χ3v) is 10.5. The molecule has 0 saturated heterocycles. The van der Waals surface area contributed by atoms with Gasteiger partial charge in [0.1, 0.15) is 13.2 Å². The summed E-state index contributed by atoms with van der Waals surface area (Å²) >= 11 is 0. The molecule has 0 aromatic rings. The first-order valence-corrected chi connectivity index (χ1v) is 25.7. The summed E-state index contributed by atoms with van der Waals surface area (Å²) in [5.41, 5.74) is 0. The number of carbonyl (C=O) groups is 3. The second-order valence-corrected chi connectivity index (χ2v) is 16.7. The smallest absolute Gasteiger partial charge is 0.306 e. The fraction of sp³-hybridized carbons (Fsp3) is 0.667. The molecular formula is C57H94O6. The van der Waals surface area contributed by atoms with Gasteiger partial charge in [0.25, 0.3) is 0 Å².